The predicted octanol–water partition coefficient (Wildman–Crippen LogP) is 4.21. The molecule has 0 heterocycles. The number of halogens is 1. The van der Waals surface area contributed by atoms with E-state index in [-0.39, 0.29) is 5.41 Å². The maximum Gasteiger partial charge on any atom is 0.0869 e. The molecule has 0 bridgehead atoms. The van der Waals surface area contributed by atoms with Gasteiger partial charge in [-0.2, -0.15) is 0 Å². The van der Waals surface area contributed by atoms with Crippen molar-refractivity contribution in [3.05, 3.63) is 35.4 Å². The molecule has 1 atom stereocenters. The van der Waals surface area contributed by atoms with Crippen molar-refractivity contribution in [2.45, 2.75) is 51.6 Å². The number of alkyl halides is 1. The average Bonchev–Trinajstić information content (AvgIpc) is 2.25. The third-order valence-electron chi connectivity index (χ3n) is 3.17. The monoisotopic (exact) mass is 254 g/mol. The van der Waals surface area contributed by atoms with Gasteiger partial charge < -0.3 is 5.11 Å². The maximum absolute atomic E-state index is 10.4. The minimum absolute atomic E-state index is 0.153. The predicted molar refractivity (Wildman–Crippen MR) is 74.7 cm³/mol. The van der Waals surface area contributed by atoms with Crippen LogP contribution in [-0.4, -0.2) is 11.0 Å². The summed E-state index contributed by atoms with van der Waals surface area (Å²) in [5.41, 5.74) is 1.64. The van der Waals surface area contributed by atoms with Gasteiger partial charge in [0.25, 0.3) is 0 Å². The summed E-state index contributed by atoms with van der Waals surface area (Å²) in [5.74, 6) is 0.593. The van der Waals surface area contributed by atoms with Crippen LogP contribution in [0.15, 0.2) is 24.3 Å². The second-order valence-electron chi connectivity index (χ2n) is 5.89. The lowest BCUT2D eigenvalue weighted by molar-refractivity contribution is 0.0471. The number of rotatable bonds is 4. The third-order valence-corrected chi connectivity index (χ3v) is 3.44. The smallest absolute Gasteiger partial charge is 0.0869 e. The quantitative estimate of drug-likeness (QED) is 0.798. The molecule has 1 N–H and O–H groups in total. The molecule has 1 unspecified atom stereocenters. The van der Waals surface area contributed by atoms with E-state index in [0.29, 0.717) is 12.3 Å². The van der Waals surface area contributed by atoms with Crippen molar-refractivity contribution >= 4 is 11.6 Å². The SMILES string of the molecule is CC(C)(C)c1ccc(C(C)(O)CCCCl)cc1. The van der Waals surface area contributed by atoms with Gasteiger partial charge in [-0.1, -0.05) is 45.0 Å². The van der Waals surface area contributed by atoms with Crippen LogP contribution in [-0.2, 0) is 11.0 Å². The molecule has 0 radical (unpaired) electrons. The molecule has 2 heteroatoms. The van der Waals surface area contributed by atoms with E-state index in [1.165, 1.54) is 5.56 Å². The van der Waals surface area contributed by atoms with Crippen LogP contribution in [0.5, 0.6) is 0 Å². The Labute approximate surface area is 110 Å². The molecule has 0 aromatic heterocycles. The van der Waals surface area contributed by atoms with Crippen molar-refractivity contribution in [2.24, 2.45) is 0 Å². The van der Waals surface area contributed by atoms with Crippen molar-refractivity contribution < 1.29 is 5.11 Å². The third kappa shape index (κ3) is 4.01. The topological polar surface area (TPSA) is 20.2 Å². The Balaban J connectivity index is 2.87. The van der Waals surface area contributed by atoms with Crippen LogP contribution in [0.1, 0.15) is 51.7 Å². The van der Waals surface area contributed by atoms with E-state index in [4.69, 9.17) is 11.6 Å². The van der Waals surface area contributed by atoms with Gasteiger partial charge >= 0.3 is 0 Å². The van der Waals surface area contributed by atoms with E-state index in [9.17, 15) is 5.11 Å². The van der Waals surface area contributed by atoms with Crippen LogP contribution in [0.2, 0.25) is 0 Å². The summed E-state index contributed by atoms with van der Waals surface area (Å²) in [6, 6.07) is 8.25. The summed E-state index contributed by atoms with van der Waals surface area (Å²) >= 11 is 5.67. The largest absolute Gasteiger partial charge is 0.385 e. The number of benzene rings is 1. The molecule has 0 saturated heterocycles. The Morgan fingerprint density at radius 2 is 1.47 bits per heavy atom. The minimum Gasteiger partial charge on any atom is -0.385 e. The second-order valence-corrected chi connectivity index (χ2v) is 6.27. The van der Waals surface area contributed by atoms with E-state index in [2.05, 4.69) is 32.9 Å². The summed E-state index contributed by atoms with van der Waals surface area (Å²) in [7, 11) is 0. The summed E-state index contributed by atoms with van der Waals surface area (Å²) in [5, 5.41) is 10.4. The van der Waals surface area contributed by atoms with E-state index in [1.54, 1.807) is 0 Å². The van der Waals surface area contributed by atoms with Gasteiger partial charge in [-0.15, -0.1) is 11.6 Å². The van der Waals surface area contributed by atoms with Crippen LogP contribution in [0.25, 0.3) is 0 Å². The highest BCUT2D eigenvalue weighted by molar-refractivity contribution is 6.17. The molecule has 1 aromatic carbocycles. The lowest BCUT2D eigenvalue weighted by atomic mass is 9.84. The highest BCUT2D eigenvalue weighted by atomic mass is 35.5. The summed E-state index contributed by atoms with van der Waals surface area (Å²) in [6.45, 7) is 8.42. The molecule has 1 rings (SSSR count). The van der Waals surface area contributed by atoms with Crippen LogP contribution in [0.3, 0.4) is 0 Å². The molecule has 0 fully saturated rings. The maximum atomic E-state index is 10.4. The van der Waals surface area contributed by atoms with Gasteiger partial charge in [-0.25, -0.2) is 0 Å². The van der Waals surface area contributed by atoms with Crippen molar-refractivity contribution in [3.63, 3.8) is 0 Å². The zero-order valence-electron chi connectivity index (χ0n) is 11.3. The first kappa shape index (κ1) is 14.5. The van der Waals surface area contributed by atoms with Gasteiger partial charge in [-0.05, 0) is 36.3 Å². The fourth-order valence-electron chi connectivity index (χ4n) is 1.88. The van der Waals surface area contributed by atoms with Crippen LogP contribution in [0, 0.1) is 0 Å². The highest BCUT2D eigenvalue weighted by Gasteiger charge is 2.23. The lowest BCUT2D eigenvalue weighted by Gasteiger charge is -2.25. The van der Waals surface area contributed by atoms with E-state index in [1.807, 2.05) is 19.1 Å². The lowest BCUT2D eigenvalue weighted by Crippen LogP contribution is -2.21. The average molecular weight is 255 g/mol. The number of hydrogen-bond acceptors (Lipinski definition) is 1. The molecule has 0 spiro atoms. The molecule has 1 aromatic rings. The van der Waals surface area contributed by atoms with Crippen LogP contribution in [0.4, 0.5) is 0 Å². The zero-order chi connectivity index (χ0) is 13.1. The van der Waals surface area contributed by atoms with Gasteiger partial charge in [0, 0.05) is 5.88 Å². The molecule has 0 aliphatic carbocycles. The second kappa shape index (κ2) is 5.41. The fraction of sp³-hybridized carbons (Fsp3) is 0.600. The molecule has 96 valence electrons. The molecular formula is C15H23ClO. The van der Waals surface area contributed by atoms with E-state index in [0.717, 1.165) is 12.0 Å². The van der Waals surface area contributed by atoms with Crippen LogP contribution >= 0.6 is 11.6 Å². The van der Waals surface area contributed by atoms with Crippen molar-refractivity contribution in [1.82, 2.24) is 0 Å². The highest BCUT2D eigenvalue weighted by Crippen LogP contribution is 2.29. The zero-order valence-corrected chi connectivity index (χ0v) is 12.0. The van der Waals surface area contributed by atoms with Crippen molar-refractivity contribution in [3.8, 4) is 0 Å². The van der Waals surface area contributed by atoms with Gasteiger partial charge in [0.05, 0.1) is 5.60 Å². The Hall–Kier alpha value is -0.530. The normalized spacial score (nSPS) is 15.6. The first-order chi connectivity index (χ1) is 7.77. The molecule has 0 aliphatic heterocycles. The molecule has 0 amide bonds. The molecule has 1 nitrogen and oxygen atoms in total. The number of aliphatic hydroxyl groups is 1. The van der Waals surface area contributed by atoms with Crippen molar-refractivity contribution in [1.29, 1.82) is 0 Å². The Bertz CT molecular complexity index is 346. The first-order valence-corrected chi connectivity index (χ1v) is 6.70. The Kier molecular flexibility index (Phi) is 4.62. The van der Waals surface area contributed by atoms with Crippen molar-refractivity contribution in [2.75, 3.05) is 5.88 Å². The summed E-state index contributed by atoms with van der Waals surface area (Å²) in [4.78, 5) is 0. The molecule has 17 heavy (non-hydrogen) atoms. The minimum atomic E-state index is -0.773. The fourth-order valence-corrected chi connectivity index (χ4v) is 2.02. The molecule has 0 aliphatic rings. The van der Waals surface area contributed by atoms with E-state index < -0.39 is 5.60 Å². The Morgan fingerprint density at radius 3 is 1.88 bits per heavy atom. The standard InChI is InChI=1S/C15H23ClO/c1-14(2,3)12-6-8-13(9-7-12)15(4,17)10-5-11-16/h6-9,17H,5,10-11H2,1-4H3. The van der Waals surface area contributed by atoms with Gasteiger partial charge in [-0.3, -0.25) is 0 Å². The van der Waals surface area contributed by atoms with Gasteiger partial charge in [0.2, 0.25) is 0 Å². The molecular weight excluding hydrogens is 232 g/mol. The Morgan fingerprint density at radius 1 is 1.00 bits per heavy atom. The summed E-state index contributed by atoms with van der Waals surface area (Å²) in [6.07, 6.45) is 1.53. The first-order valence-electron chi connectivity index (χ1n) is 6.17. The summed E-state index contributed by atoms with van der Waals surface area (Å²) < 4.78 is 0. The van der Waals surface area contributed by atoms with Gasteiger partial charge in [0.15, 0.2) is 0 Å². The number of hydrogen-bond donors (Lipinski definition) is 1. The van der Waals surface area contributed by atoms with E-state index >= 15 is 0 Å². The molecule has 0 saturated carbocycles. The van der Waals surface area contributed by atoms with Gasteiger partial charge in [0.1, 0.15) is 0 Å². The van der Waals surface area contributed by atoms with Crippen LogP contribution < -0.4 is 0 Å².